The fraction of sp³-hybridized carbons (Fsp3) is 0.818. The fourth-order valence-corrected chi connectivity index (χ4v) is 1.38. The van der Waals surface area contributed by atoms with E-state index in [1.165, 1.54) is 0 Å². The van der Waals surface area contributed by atoms with Gasteiger partial charge in [-0.1, -0.05) is 0 Å². The molecule has 100 valence electrons. The van der Waals surface area contributed by atoms with Crippen molar-refractivity contribution in [3.8, 4) is 0 Å². The number of carbonyl (C=O) groups excluding carboxylic acids is 1. The molecular formula is C11H22N2O4. The first-order valence-electron chi connectivity index (χ1n) is 5.56. The van der Waals surface area contributed by atoms with Crippen LogP contribution in [0.5, 0.6) is 0 Å². The number of carbonyl (C=O) groups is 2. The highest BCUT2D eigenvalue weighted by molar-refractivity contribution is 5.75. The van der Waals surface area contributed by atoms with Crippen LogP contribution in [0.4, 0.5) is 4.79 Å². The van der Waals surface area contributed by atoms with Gasteiger partial charge in [0.1, 0.15) is 0 Å². The van der Waals surface area contributed by atoms with Crippen LogP contribution in [0, 0.1) is 0 Å². The van der Waals surface area contributed by atoms with Crippen LogP contribution < -0.4 is 10.6 Å². The zero-order chi connectivity index (χ0) is 13.5. The number of nitrogens with one attached hydrogen (secondary N) is 2. The van der Waals surface area contributed by atoms with Crippen LogP contribution in [0.3, 0.4) is 0 Å². The molecule has 0 aliphatic rings. The quantitative estimate of drug-likeness (QED) is 0.624. The summed E-state index contributed by atoms with van der Waals surface area (Å²) in [7, 11) is 1.57. The highest BCUT2D eigenvalue weighted by Gasteiger charge is 2.20. The van der Waals surface area contributed by atoms with E-state index < -0.39 is 11.5 Å². The van der Waals surface area contributed by atoms with Gasteiger partial charge < -0.3 is 20.5 Å². The minimum absolute atomic E-state index is 0.0446. The first-order valence-corrected chi connectivity index (χ1v) is 5.56. The van der Waals surface area contributed by atoms with E-state index in [0.717, 1.165) is 0 Å². The average Bonchev–Trinajstić information content (AvgIpc) is 2.13. The Morgan fingerprint density at radius 3 is 2.47 bits per heavy atom. The predicted octanol–water partition coefficient (Wildman–Crippen LogP) is 0.964. The number of carboxylic acid groups (broad SMARTS) is 1. The molecule has 0 saturated carbocycles. The van der Waals surface area contributed by atoms with Crippen molar-refractivity contribution in [2.45, 2.75) is 45.2 Å². The molecule has 0 rings (SSSR count). The first kappa shape index (κ1) is 15.7. The van der Waals surface area contributed by atoms with E-state index in [1.54, 1.807) is 14.0 Å². The third-order valence-corrected chi connectivity index (χ3v) is 2.13. The number of hydrogen-bond acceptors (Lipinski definition) is 3. The number of carboxylic acids is 1. The minimum atomic E-state index is -0.862. The maximum absolute atomic E-state index is 11.6. The molecule has 0 aliphatic carbocycles. The number of rotatable bonds is 7. The second-order valence-electron chi connectivity index (χ2n) is 4.75. The summed E-state index contributed by atoms with van der Waals surface area (Å²) in [6, 6.07) is -0.491. The molecule has 0 heterocycles. The number of urea groups is 1. The minimum Gasteiger partial charge on any atom is -0.481 e. The van der Waals surface area contributed by atoms with Crippen molar-refractivity contribution in [1.29, 1.82) is 0 Å². The zero-order valence-electron chi connectivity index (χ0n) is 10.9. The predicted molar refractivity (Wildman–Crippen MR) is 64.0 cm³/mol. The Hall–Kier alpha value is -1.30. The normalized spacial score (nSPS) is 12.9. The number of amides is 2. The Bertz CT molecular complexity index is 266. The summed E-state index contributed by atoms with van der Waals surface area (Å²) in [6.45, 7) is 5.87. The lowest BCUT2D eigenvalue weighted by Gasteiger charge is -2.26. The monoisotopic (exact) mass is 246 g/mol. The molecule has 0 bridgehead atoms. The third-order valence-electron chi connectivity index (χ3n) is 2.13. The number of aliphatic carboxylic acids is 1. The van der Waals surface area contributed by atoms with Gasteiger partial charge in [0, 0.05) is 19.6 Å². The van der Waals surface area contributed by atoms with Crippen molar-refractivity contribution >= 4 is 12.0 Å². The van der Waals surface area contributed by atoms with E-state index in [0.29, 0.717) is 13.0 Å². The summed E-state index contributed by atoms with van der Waals surface area (Å²) >= 11 is 0. The van der Waals surface area contributed by atoms with Crippen LogP contribution in [-0.4, -0.2) is 42.4 Å². The Balaban J connectivity index is 3.96. The molecule has 0 spiro atoms. The second kappa shape index (κ2) is 7.11. The largest absolute Gasteiger partial charge is 0.481 e. The van der Waals surface area contributed by atoms with E-state index in [1.807, 2.05) is 13.8 Å². The van der Waals surface area contributed by atoms with Gasteiger partial charge >= 0.3 is 12.0 Å². The van der Waals surface area contributed by atoms with Gasteiger partial charge in [-0.2, -0.15) is 0 Å². The second-order valence-corrected chi connectivity index (χ2v) is 4.75. The van der Waals surface area contributed by atoms with Crippen LogP contribution in [-0.2, 0) is 9.53 Å². The summed E-state index contributed by atoms with van der Waals surface area (Å²) in [6.07, 6.45) is 0.455. The van der Waals surface area contributed by atoms with Crippen molar-refractivity contribution in [3.63, 3.8) is 0 Å². The van der Waals surface area contributed by atoms with Gasteiger partial charge in [-0.15, -0.1) is 0 Å². The molecule has 1 atom stereocenters. The van der Waals surface area contributed by atoms with Crippen LogP contribution in [0.1, 0.15) is 33.6 Å². The van der Waals surface area contributed by atoms with E-state index >= 15 is 0 Å². The molecule has 6 heteroatoms. The summed E-state index contributed by atoms with van der Waals surface area (Å²) in [5.41, 5.74) is -0.453. The van der Waals surface area contributed by atoms with E-state index in [2.05, 4.69) is 10.6 Å². The lowest BCUT2D eigenvalue weighted by atomic mass is 10.1. The molecule has 6 nitrogen and oxygen atoms in total. The molecule has 0 aliphatic heterocycles. The van der Waals surface area contributed by atoms with Crippen LogP contribution >= 0.6 is 0 Å². The first-order chi connectivity index (χ1) is 7.76. The maximum atomic E-state index is 11.6. The molecule has 2 amide bonds. The van der Waals surface area contributed by atoms with Crippen molar-refractivity contribution in [3.05, 3.63) is 0 Å². The van der Waals surface area contributed by atoms with Crippen molar-refractivity contribution in [2.24, 2.45) is 0 Å². The molecule has 0 aromatic heterocycles. The molecule has 0 aromatic rings. The third kappa shape index (κ3) is 8.50. The standard InChI is InChI=1S/C11H22N2O4/c1-8(5-6-9(14)15)12-10(16)13-11(2,3)7-17-4/h8H,5-7H2,1-4H3,(H,14,15)(H2,12,13,16). The van der Waals surface area contributed by atoms with E-state index in [-0.39, 0.29) is 18.5 Å². The molecule has 0 saturated heterocycles. The van der Waals surface area contributed by atoms with Crippen molar-refractivity contribution in [2.75, 3.05) is 13.7 Å². The van der Waals surface area contributed by atoms with Crippen molar-refractivity contribution in [1.82, 2.24) is 10.6 Å². The van der Waals surface area contributed by atoms with Gasteiger partial charge in [-0.25, -0.2) is 4.79 Å². The maximum Gasteiger partial charge on any atom is 0.315 e. The van der Waals surface area contributed by atoms with Crippen LogP contribution in [0.25, 0.3) is 0 Å². The number of ether oxygens (including phenoxy) is 1. The Morgan fingerprint density at radius 2 is 2.00 bits per heavy atom. The van der Waals surface area contributed by atoms with E-state index in [4.69, 9.17) is 9.84 Å². The Kier molecular flexibility index (Phi) is 6.57. The summed E-state index contributed by atoms with van der Waals surface area (Å²) in [5, 5.41) is 13.9. The molecule has 3 N–H and O–H groups in total. The summed E-state index contributed by atoms with van der Waals surface area (Å²) < 4.78 is 4.97. The topological polar surface area (TPSA) is 87.7 Å². The van der Waals surface area contributed by atoms with Crippen LogP contribution in [0.2, 0.25) is 0 Å². The zero-order valence-corrected chi connectivity index (χ0v) is 10.9. The summed E-state index contributed by atoms with van der Waals surface area (Å²) in [4.78, 5) is 21.9. The molecule has 0 radical (unpaired) electrons. The molecule has 0 fully saturated rings. The van der Waals surface area contributed by atoms with Gasteiger partial charge in [0.05, 0.1) is 12.1 Å². The fourth-order valence-electron chi connectivity index (χ4n) is 1.38. The van der Waals surface area contributed by atoms with Crippen LogP contribution in [0.15, 0.2) is 0 Å². The molecular weight excluding hydrogens is 224 g/mol. The van der Waals surface area contributed by atoms with E-state index in [9.17, 15) is 9.59 Å². The van der Waals surface area contributed by atoms with Gasteiger partial charge in [0.15, 0.2) is 0 Å². The highest BCUT2D eigenvalue weighted by Crippen LogP contribution is 2.02. The average molecular weight is 246 g/mol. The van der Waals surface area contributed by atoms with Gasteiger partial charge in [-0.3, -0.25) is 4.79 Å². The number of methoxy groups -OCH3 is 1. The number of hydrogen-bond donors (Lipinski definition) is 3. The van der Waals surface area contributed by atoms with Gasteiger partial charge in [0.2, 0.25) is 0 Å². The molecule has 0 aromatic carbocycles. The van der Waals surface area contributed by atoms with Gasteiger partial charge in [0.25, 0.3) is 0 Å². The molecule has 1 unspecified atom stereocenters. The lowest BCUT2D eigenvalue weighted by Crippen LogP contribution is -2.52. The molecule has 17 heavy (non-hydrogen) atoms. The Labute approximate surface area is 102 Å². The SMILES string of the molecule is COCC(C)(C)NC(=O)NC(C)CCC(=O)O. The Morgan fingerprint density at radius 1 is 1.41 bits per heavy atom. The van der Waals surface area contributed by atoms with Gasteiger partial charge in [-0.05, 0) is 27.2 Å². The van der Waals surface area contributed by atoms with Crippen molar-refractivity contribution < 1.29 is 19.4 Å². The lowest BCUT2D eigenvalue weighted by molar-refractivity contribution is -0.137. The highest BCUT2D eigenvalue weighted by atomic mass is 16.5. The summed E-state index contributed by atoms with van der Waals surface area (Å²) in [5.74, 6) is -0.862. The smallest absolute Gasteiger partial charge is 0.315 e.